The number of rotatable bonds is 8. The maximum Gasteiger partial charge on any atom is 0.294 e. The molecule has 0 radical (unpaired) electrons. The van der Waals surface area contributed by atoms with Crippen LogP contribution < -0.4 is 14.8 Å². The first-order valence-electron chi connectivity index (χ1n) is 9.53. The van der Waals surface area contributed by atoms with Gasteiger partial charge in [0.2, 0.25) is 5.91 Å². The van der Waals surface area contributed by atoms with E-state index in [4.69, 9.17) is 9.47 Å². The summed E-state index contributed by atoms with van der Waals surface area (Å²) in [6.07, 6.45) is 2.42. The third-order valence-electron chi connectivity index (χ3n) is 4.25. The molecule has 0 bridgehead atoms. The van der Waals surface area contributed by atoms with E-state index in [1.807, 2.05) is 6.92 Å². The van der Waals surface area contributed by atoms with E-state index in [2.05, 4.69) is 5.32 Å². The van der Waals surface area contributed by atoms with E-state index in [0.29, 0.717) is 29.4 Å². The molecule has 0 aromatic heterocycles. The molecule has 7 nitrogen and oxygen atoms in total. The predicted octanol–water partition coefficient (Wildman–Crippen LogP) is 4.30. The fourth-order valence-electron chi connectivity index (χ4n) is 2.77. The molecule has 162 valence electrons. The zero-order valence-electron chi connectivity index (χ0n) is 17.0. The van der Waals surface area contributed by atoms with E-state index in [9.17, 15) is 18.8 Å². The number of hydrogen-bond acceptors (Lipinski definition) is 6. The fourth-order valence-corrected chi connectivity index (χ4v) is 3.61. The second-order valence-electron chi connectivity index (χ2n) is 6.58. The second-order valence-corrected chi connectivity index (χ2v) is 7.57. The van der Waals surface area contributed by atoms with Crippen LogP contribution in [0.5, 0.6) is 11.5 Å². The zero-order valence-corrected chi connectivity index (χ0v) is 17.8. The summed E-state index contributed by atoms with van der Waals surface area (Å²) in [7, 11) is 1.52. The van der Waals surface area contributed by atoms with Crippen LogP contribution in [-0.2, 0) is 9.59 Å². The average Bonchev–Trinajstić information content (AvgIpc) is 3.01. The van der Waals surface area contributed by atoms with Crippen molar-refractivity contribution in [1.82, 2.24) is 4.90 Å². The molecular formula is C22H21FN2O5S. The molecule has 2 aromatic rings. The molecule has 1 saturated heterocycles. The van der Waals surface area contributed by atoms with Crippen LogP contribution in [0.2, 0.25) is 0 Å². The smallest absolute Gasteiger partial charge is 0.294 e. The molecule has 0 saturated carbocycles. The first-order valence-corrected chi connectivity index (χ1v) is 10.3. The number of halogens is 1. The number of amides is 3. The van der Waals surface area contributed by atoms with Gasteiger partial charge in [0.25, 0.3) is 11.1 Å². The third-order valence-corrected chi connectivity index (χ3v) is 5.16. The van der Waals surface area contributed by atoms with Gasteiger partial charge in [0.1, 0.15) is 12.4 Å². The van der Waals surface area contributed by atoms with Crippen molar-refractivity contribution in [2.24, 2.45) is 0 Å². The Labute approximate surface area is 183 Å². The van der Waals surface area contributed by atoms with Gasteiger partial charge in [-0.2, -0.15) is 0 Å². The number of anilines is 1. The summed E-state index contributed by atoms with van der Waals surface area (Å²) in [4.78, 5) is 38.2. The van der Waals surface area contributed by atoms with Gasteiger partial charge in [0, 0.05) is 5.69 Å². The number of carbonyl (C=O) groups is 3. The maximum absolute atomic E-state index is 13.0. The molecule has 0 atom stereocenters. The van der Waals surface area contributed by atoms with E-state index in [1.165, 1.54) is 31.4 Å². The highest BCUT2D eigenvalue weighted by Gasteiger charge is 2.36. The van der Waals surface area contributed by atoms with Crippen LogP contribution in [0.1, 0.15) is 18.9 Å². The molecule has 0 aliphatic carbocycles. The molecule has 3 amide bonds. The van der Waals surface area contributed by atoms with Gasteiger partial charge in [-0.05, 0) is 66.2 Å². The van der Waals surface area contributed by atoms with Crippen LogP contribution in [0.25, 0.3) is 6.08 Å². The van der Waals surface area contributed by atoms with Crippen LogP contribution in [0.15, 0.2) is 47.4 Å². The highest BCUT2D eigenvalue weighted by atomic mass is 32.2. The first kappa shape index (κ1) is 22.4. The minimum absolute atomic E-state index is 0.198. The molecule has 1 N–H and O–H groups in total. The minimum Gasteiger partial charge on any atom is -0.493 e. The largest absolute Gasteiger partial charge is 0.493 e. The molecule has 1 aliphatic rings. The van der Waals surface area contributed by atoms with E-state index >= 15 is 0 Å². The number of thioether (sulfide) groups is 1. The minimum atomic E-state index is -0.561. The first-order chi connectivity index (χ1) is 14.9. The van der Waals surface area contributed by atoms with Gasteiger partial charge in [0.15, 0.2) is 11.5 Å². The zero-order chi connectivity index (χ0) is 22.4. The molecule has 3 rings (SSSR count). The van der Waals surface area contributed by atoms with Crippen LogP contribution in [0.3, 0.4) is 0 Å². The van der Waals surface area contributed by atoms with Gasteiger partial charge < -0.3 is 14.8 Å². The number of ether oxygens (including phenoxy) is 2. The van der Waals surface area contributed by atoms with E-state index < -0.39 is 29.4 Å². The lowest BCUT2D eigenvalue weighted by atomic mass is 10.2. The fraction of sp³-hybridized carbons (Fsp3) is 0.227. The van der Waals surface area contributed by atoms with Crippen LogP contribution in [0, 0.1) is 5.82 Å². The number of nitrogens with zero attached hydrogens (tertiary/aromatic N) is 1. The summed E-state index contributed by atoms with van der Waals surface area (Å²) < 4.78 is 23.9. The SMILES string of the molecule is CCCOc1ccc(/C=C2\SC(=O)N(CC(=O)Nc3ccc(F)cc3)C2=O)cc1OC. The molecule has 9 heteroatoms. The molecule has 2 aromatic carbocycles. The molecule has 0 spiro atoms. The summed E-state index contributed by atoms with van der Waals surface area (Å²) in [5.74, 6) is -0.452. The lowest BCUT2D eigenvalue weighted by Gasteiger charge is -2.12. The normalized spacial score (nSPS) is 14.8. The summed E-state index contributed by atoms with van der Waals surface area (Å²) in [6, 6.07) is 10.4. The number of methoxy groups -OCH3 is 1. The molecular weight excluding hydrogens is 423 g/mol. The van der Waals surface area contributed by atoms with Crippen molar-refractivity contribution in [3.05, 3.63) is 58.8 Å². The van der Waals surface area contributed by atoms with Crippen LogP contribution >= 0.6 is 11.8 Å². The molecule has 1 heterocycles. The standard InChI is InChI=1S/C22H21FN2O5S/c1-3-10-30-17-9-4-14(11-18(17)29-2)12-19-21(27)25(22(28)31-19)13-20(26)24-16-7-5-15(23)6-8-16/h4-9,11-12H,3,10,13H2,1-2H3,(H,24,26)/b19-12-. The average molecular weight is 444 g/mol. The van der Waals surface area contributed by atoms with Gasteiger partial charge in [-0.25, -0.2) is 4.39 Å². The highest BCUT2D eigenvalue weighted by Crippen LogP contribution is 2.34. The van der Waals surface area contributed by atoms with Gasteiger partial charge in [0.05, 0.1) is 18.6 Å². The van der Waals surface area contributed by atoms with Crippen molar-refractivity contribution < 1.29 is 28.2 Å². The monoisotopic (exact) mass is 444 g/mol. The second kappa shape index (κ2) is 10.1. The Hall–Kier alpha value is -3.33. The predicted molar refractivity (Wildman–Crippen MR) is 116 cm³/mol. The number of hydrogen-bond donors (Lipinski definition) is 1. The van der Waals surface area contributed by atoms with E-state index in [0.717, 1.165) is 23.1 Å². The number of imide groups is 1. The quantitative estimate of drug-likeness (QED) is 0.611. The van der Waals surface area contributed by atoms with Crippen LogP contribution in [0.4, 0.5) is 14.9 Å². The topological polar surface area (TPSA) is 84.9 Å². The Morgan fingerprint density at radius 3 is 2.58 bits per heavy atom. The summed E-state index contributed by atoms with van der Waals surface area (Å²) in [6.45, 7) is 2.11. The Morgan fingerprint density at radius 1 is 1.16 bits per heavy atom. The summed E-state index contributed by atoms with van der Waals surface area (Å²) in [5, 5.41) is 1.99. The van der Waals surface area contributed by atoms with Crippen molar-refractivity contribution in [3.63, 3.8) is 0 Å². The van der Waals surface area contributed by atoms with Crippen molar-refractivity contribution >= 4 is 40.6 Å². The molecule has 0 unspecified atom stereocenters. The van der Waals surface area contributed by atoms with Crippen molar-refractivity contribution in [3.8, 4) is 11.5 Å². The Morgan fingerprint density at radius 2 is 1.90 bits per heavy atom. The Bertz CT molecular complexity index is 1020. The number of benzene rings is 2. The van der Waals surface area contributed by atoms with Crippen molar-refractivity contribution in [1.29, 1.82) is 0 Å². The van der Waals surface area contributed by atoms with Gasteiger partial charge in [-0.15, -0.1) is 0 Å². The Balaban J connectivity index is 1.69. The summed E-state index contributed by atoms with van der Waals surface area (Å²) >= 11 is 0.755. The highest BCUT2D eigenvalue weighted by molar-refractivity contribution is 8.18. The molecule has 1 fully saturated rings. The van der Waals surface area contributed by atoms with Crippen LogP contribution in [-0.4, -0.2) is 42.2 Å². The van der Waals surface area contributed by atoms with E-state index in [1.54, 1.807) is 24.3 Å². The van der Waals surface area contributed by atoms with Gasteiger partial charge >= 0.3 is 0 Å². The van der Waals surface area contributed by atoms with Gasteiger partial charge in [-0.3, -0.25) is 19.3 Å². The third kappa shape index (κ3) is 5.64. The van der Waals surface area contributed by atoms with E-state index in [-0.39, 0.29) is 4.91 Å². The maximum atomic E-state index is 13.0. The lowest BCUT2D eigenvalue weighted by Crippen LogP contribution is -2.36. The summed E-state index contributed by atoms with van der Waals surface area (Å²) in [5.41, 5.74) is 1.02. The number of nitrogens with one attached hydrogen (secondary N) is 1. The van der Waals surface area contributed by atoms with Gasteiger partial charge in [-0.1, -0.05) is 13.0 Å². The van der Waals surface area contributed by atoms with Crippen molar-refractivity contribution in [2.75, 3.05) is 25.6 Å². The number of carbonyl (C=O) groups excluding carboxylic acids is 3. The lowest BCUT2D eigenvalue weighted by molar-refractivity contribution is -0.127. The molecule has 31 heavy (non-hydrogen) atoms. The Kier molecular flexibility index (Phi) is 7.30. The van der Waals surface area contributed by atoms with Crippen molar-refractivity contribution in [2.45, 2.75) is 13.3 Å². The molecule has 1 aliphatic heterocycles.